The minimum absolute atomic E-state index is 0.250. The highest BCUT2D eigenvalue weighted by Gasteiger charge is 2.09. The molecule has 6 N–H and O–H groups in total. The van der Waals surface area contributed by atoms with Crippen molar-refractivity contribution in [3.63, 3.8) is 0 Å². The molecule has 0 spiro atoms. The molecule has 12 heteroatoms. The van der Waals surface area contributed by atoms with Gasteiger partial charge in [-0.2, -0.15) is 19.2 Å². The van der Waals surface area contributed by atoms with E-state index in [-0.39, 0.29) is 12.3 Å². The maximum absolute atomic E-state index is 9.52. The van der Waals surface area contributed by atoms with Crippen LogP contribution in [0, 0.1) is 0 Å². The summed E-state index contributed by atoms with van der Waals surface area (Å²) in [4.78, 5) is 51.5. The number of aliphatic hydroxyl groups excluding tert-OH is 4. The van der Waals surface area contributed by atoms with Crippen LogP contribution >= 0.6 is 0 Å². The molecule has 0 aliphatic heterocycles. The van der Waals surface area contributed by atoms with E-state index in [1.807, 2.05) is 0 Å². The Morgan fingerprint density at radius 2 is 0.900 bits per heavy atom. The van der Waals surface area contributed by atoms with Crippen LogP contribution in [0.5, 0.6) is 0 Å². The second-order valence-corrected chi connectivity index (χ2v) is 2.24. The summed E-state index contributed by atoms with van der Waals surface area (Å²) in [6, 6.07) is 0. The van der Waals surface area contributed by atoms with Crippen molar-refractivity contribution in [3.8, 4) is 0 Å². The van der Waals surface area contributed by atoms with Gasteiger partial charge in [-0.25, -0.2) is 9.59 Å². The Morgan fingerprint density at radius 1 is 0.750 bits per heavy atom. The van der Waals surface area contributed by atoms with Gasteiger partial charge in [0.05, 0.1) is 13.2 Å². The van der Waals surface area contributed by atoms with Crippen LogP contribution in [-0.2, 0) is 28.8 Å². The molecule has 20 heavy (non-hydrogen) atoms. The monoisotopic (exact) mass is 300 g/mol. The maximum atomic E-state index is 9.52. The highest BCUT2D eigenvalue weighted by molar-refractivity contribution is 5.72. The van der Waals surface area contributed by atoms with E-state index in [2.05, 4.69) is 0 Å². The zero-order chi connectivity index (χ0) is 17.1. The highest BCUT2D eigenvalue weighted by Crippen LogP contribution is 1.76. The molecule has 0 rings (SSSR count). The van der Waals surface area contributed by atoms with Crippen molar-refractivity contribution < 1.29 is 59.4 Å². The number of aliphatic carboxylic acids is 2. The molecule has 0 radical (unpaired) electrons. The lowest BCUT2D eigenvalue weighted by Gasteiger charge is -1.95. The van der Waals surface area contributed by atoms with E-state index in [9.17, 15) is 9.59 Å². The molecule has 0 aromatic heterocycles. The standard InChI is InChI=1S/2C3H6O4.2CO2/c2*4-1-2(5)3(6)7;2*2-1-3/h2*2,4-5H,1H2,(H,6,7);;/t2*2-;;/m10../s1. The summed E-state index contributed by atoms with van der Waals surface area (Å²) in [6.45, 7) is -1.45. The van der Waals surface area contributed by atoms with Crippen LogP contribution in [0.1, 0.15) is 0 Å². The smallest absolute Gasteiger partial charge is 0.373 e. The molecule has 0 bridgehead atoms. The number of hydrogen-bond donors (Lipinski definition) is 6. The molecule has 2 atom stereocenters. The van der Waals surface area contributed by atoms with Crippen LogP contribution in [0.4, 0.5) is 0 Å². The fourth-order valence-electron chi connectivity index (χ4n) is 0.156. The number of carbonyl (C=O) groups excluding carboxylic acids is 4. The van der Waals surface area contributed by atoms with Crippen molar-refractivity contribution in [3.05, 3.63) is 0 Å². The summed E-state index contributed by atoms with van der Waals surface area (Å²) < 4.78 is 0. The van der Waals surface area contributed by atoms with Gasteiger partial charge in [0.15, 0.2) is 12.2 Å². The summed E-state index contributed by atoms with van der Waals surface area (Å²) in [5.74, 6) is -2.80. The van der Waals surface area contributed by atoms with E-state index in [0.717, 1.165) is 0 Å². The third kappa shape index (κ3) is 36.1. The summed E-state index contributed by atoms with van der Waals surface area (Å²) >= 11 is 0. The first-order valence-electron chi connectivity index (χ1n) is 4.21. The first kappa shape index (κ1) is 26.2. The third-order valence-electron chi connectivity index (χ3n) is 0.916. The van der Waals surface area contributed by atoms with Gasteiger partial charge in [0.1, 0.15) is 0 Å². The van der Waals surface area contributed by atoms with Crippen molar-refractivity contribution in [1.29, 1.82) is 0 Å². The molecular formula is C8H12O12. The predicted octanol–water partition coefficient (Wildman–Crippen LogP) is -4.32. The topological polar surface area (TPSA) is 224 Å². The van der Waals surface area contributed by atoms with E-state index in [0.29, 0.717) is 0 Å². The normalized spacial score (nSPS) is 10.2. The second kappa shape index (κ2) is 21.8. The predicted molar refractivity (Wildman–Crippen MR) is 51.5 cm³/mol. The molecule has 0 unspecified atom stereocenters. The van der Waals surface area contributed by atoms with Crippen molar-refractivity contribution in [2.24, 2.45) is 0 Å². The van der Waals surface area contributed by atoms with Crippen LogP contribution in [0.2, 0.25) is 0 Å². The lowest BCUT2D eigenvalue weighted by molar-refractivity contribution is -0.193. The second-order valence-electron chi connectivity index (χ2n) is 2.24. The fraction of sp³-hybridized carbons (Fsp3) is 0.500. The lowest BCUT2D eigenvalue weighted by atomic mass is 10.4. The van der Waals surface area contributed by atoms with Gasteiger partial charge in [-0.05, 0) is 0 Å². The SMILES string of the molecule is O=C(O)[C@@H](O)CO.O=C(O)[C@H](O)CO.O=C=O.O=C=O. The first-order chi connectivity index (χ1) is 9.19. The molecule has 0 amide bonds. The number of carbonyl (C=O) groups is 2. The summed E-state index contributed by atoms with van der Waals surface area (Å²) in [6.07, 6.45) is -2.75. The average Bonchev–Trinajstić information content (AvgIpc) is 2.39. The molecule has 0 aliphatic rings. The van der Waals surface area contributed by atoms with Crippen LogP contribution in [0.25, 0.3) is 0 Å². The molecule has 0 heterocycles. The van der Waals surface area contributed by atoms with Crippen molar-refractivity contribution in [2.75, 3.05) is 13.2 Å². The van der Waals surface area contributed by atoms with Crippen molar-refractivity contribution >= 4 is 24.2 Å². The first-order valence-corrected chi connectivity index (χ1v) is 4.21. The minimum Gasteiger partial charge on any atom is -0.479 e. The number of carboxylic acid groups (broad SMARTS) is 2. The van der Waals surface area contributed by atoms with Crippen LogP contribution in [0.15, 0.2) is 0 Å². The van der Waals surface area contributed by atoms with Gasteiger partial charge in [0, 0.05) is 0 Å². The number of rotatable bonds is 4. The zero-order valence-corrected chi connectivity index (χ0v) is 9.70. The molecular weight excluding hydrogens is 288 g/mol. The molecule has 0 aromatic rings. The van der Waals surface area contributed by atoms with Gasteiger partial charge in [-0.1, -0.05) is 0 Å². The molecule has 0 saturated carbocycles. The van der Waals surface area contributed by atoms with Crippen LogP contribution in [-0.4, -0.2) is 80.3 Å². The molecule has 12 nitrogen and oxygen atoms in total. The Kier molecular flexibility index (Phi) is 28.5. The number of hydrogen-bond acceptors (Lipinski definition) is 10. The van der Waals surface area contributed by atoms with Gasteiger partial charge >= 0.3 is 24.2 Å². The summed E-state index contributed by atoms with van der Waals surface area (Å²) in [5.41, 5.74) is 0. The van der Waals surface area contributed by atoms with E-state index in [4.69, 9.17) is 49.8 Å². The molecule has 116 valence electrons. The summed E-state index contributed by atoms with van der Waals surface area (Å²) in [7, 11) is 0. The van der Waals surface area contributed by atoms with Crippen molar-refractivity contribution in [1.82, 2.24) is 0 Å². The Labute approximate surface area is 110 Å². The van der Waals surface area contributed by atoms with E-state index in [1.54, 1.807) is 0 Å². The molecule has 0 saturated heterocycles. The van der Waals surface area contributed by atoms with Gasteiger partial charge in [0.25, 0.3) is 0 Å². The van der Waals surface area contributed by atoms with Gasteiger partial charge < -0.3 is 30.6 Å². The lowest BCUT2D eigenvalue weighted by Crippen LogP contribution is -2.22. The van der Waals surface area contributed by atoms with Gasteiger partial charge in [0.2, 0.25) is 0 Å². The zero-order valence-electron chi connectivity index (χ0n) is 9.70. The Balaban J connectivity index is -0.0000000927. The van der Waals surface area contributed by atoms with Crippen LogP contribution in [0.3, 0.4) is 0 Å². The Morgan fingerprint density at radius 3 is 0.900 bits per heavy atom. The minimum atomic E-state index is -1.63. The van der Waals surface area contributed by atoms with Gasteiger partial charge in [-0.3, -0.25) is 0 Å². The van der Waals surface area contributed by atoms with E-state index >= 15 is 0 Å². The largest absolute Gasteiger partial charge is 0.479 e. The molecule has 0 aliphatic carbocycles. The van der Waals surface area contributed by atoms with Crippen molar-refractivity contribution in [2.45, 2.75) is 12.2 Å². The summed E-state index contributed by atoms with van der Waals surface area (Å²) in [5, 5.41) is 47.5. The highest BCUT2D eigenvalue weighted by atomic mass is 16.4. The van der Waals surface area contributed by atoms with Gasteiger partial charge in [-0.15, -0.1) is 0 Å². The molecule has 0 aromatic carbocycles. The third-order valence-corrected chi connectivity index (χ3v) is 0.916. The van der Waals surface area contributed by atoms with E-state index < -0.39 is 37.4 Å². The number of aliphatic hydroxyl groups is 4. The maximum Gasteiger partial charge on any atom is 0.373 e. The Bertz CT molecular complexity index is 279. The number of carboxylic acids is 2. The fourth-order valence-corrected chi connectivity index (χ4v) is 0.156. The Hall–Kier alpha value is -2.46. The average molecular weight is 300 g/mol. The van der Waals surface area contributed by atoms with E-state index in [1.165, 1.54) is 0 Å². The van der Waals surface area contributed by atoms with Crippen LogP contribution < -0.4 is 0 Å². The molecule has 0 fully saturated rings. The quantitative estimate of drug-likeness (QED) is 0.290.